The normalized spacial score (nSPS) is 16.7. The van der Waals surface area contributed by atoms with Crippen LogP contribution in [-0.2, 0) is 7.05 Å². The molecule has 0 unspecified atom stereocenters. The number of aryl methyl sites for hydroxylation is 2. The number of nitrogen functional groups attached to an aromatic ring is 1. The first kappa shape index (κ1) is 15.8. The second-order valence-electron chi connectivity index (χ2n) is 5.72. The Labute approximate surface area is 126 Å². The van der Waals surface area contributed by atoms with E-state index < -0.39 is 0 Å². The summed E-state index contributed by atoms with van der Waals surface area (Å²) >= 11 is 0. The Morgan fingerprint density at radius 2 is 1.90 bits per heavy atom. The molecule has 0 atom stereocenters. The van der Waals surface area contributed by atoms with E-state index in [9.17, 15) is 4.79 Å². The third-order valence-electron chi connectivity index (χ3n) is 4.55. The van der Waals surface area contributed by atoms with E-state index in [1.807, 2.05) is 11.8 Å². The van der Waals surface area contributed by atoms with E-state index in [4.69, 9.17) is 5.73 Å². The summed E-state index contributed by atoms with van der Waals surface area (Å²) in [5.74, 6) is 0.00796. The molecule has 1 aliphatic rings. The Morgan fingerprint density at radius 3 is 2.33 bits per heavy atom. The number of carbonyl (C=O) groups excluding carboxylic acids is 1. The Hall–Kier alpha value is -1.56. The topological polar surface area (TPSA) is 67.4 Å². The number of aromatic nitrogens is 2. The van der Waals surface area contributed by atoms with Crippen molar-refractivity contribution in [3.63, 3.8) is 0 Å². The minimum atomic E-state index is 0.00796. The maximum atomic E-state index is 12.6. The highest BCUT2D eigenvalue weighted by atomic mass is 16.2. The zero-order valence-corrected chi connectivity index (χ0v) is 13.6. The number of amides is 1. The van der Waals surface area contributed by atoms with Crippen molar-refractivity contribution in [2.45, 2.75) is 39.7 Å². The number of nitrogens with two attached hydrogens (primary N) is 1. The van der Waals surface area contributed by atoms with Crippen LogP contribution in [0.4, 0.5) is 5.69 Å². The molecular formula is C15H27N5O. The van der Waals surface area contributed by atoms with Crippen LogP contribution < -0.4 is 5.73 Å². The molecule has 6 heteroatoms. The van der Waals surface area contributed by atoms with E-state index in [2.05, 4.69) is 23.8 Å². The van der Waals surface area contributed by atoms with Crippen LogP contribution in [0, 0.1) is 6.92 Å². The van der Waals surface area contributed by atoms with Crippen molar-refractivity contribution in [2.75, 3.05) is 31.9 Å². The van der Waals surface area contributed by atoms with Crippen molar-refractivity contribution >= 4 is 11.6 Å². The standard InChI is InChI=1S/C15H27N5O/c1-5-19(6-2)12-7-9-20(10-8-12)15(21)14-13(16)11(3)17-18(14)4/h12H,5-10,16H2,1-4H3. The molecule has 6 nitrogen and oxygen atoms in total. The second kappa shape index (κ2) is 6.47. The molecule has 1 fully saturated rings. The van der Waals surface area contributed by atoms with Crippen LogP contribution in [0.1, 0.15) is 42.9 Å². The van der Waals surface area contributed by atoms with E-state index in [1.165, 1.54) is 0 Å². The molecule has 118 valence electrons. The number of carbonyl (C=O) groups is 1. The van der Waals surface area contributed by atoms with Crippen molar-refractivity contribution in [1.82, 2.24) is 19.6 Å². The van der Waals surface area contributed by atoms with Crippen molar-refractivity contribution in [3.05, 3.63) is 11.4 Å². The molecule has 0 aromatic carbocycles. The summed E-state index contributed by atoms with van der Waals surface area (Å²) in [5, 5.41) is 4.23. The molecule has 2 N–H and O–H groups in total. The number of piperidine rings is 1. The average molecular weight is 293 g/mol. The summed E-state index contributed by atoms with van der Waals surface area (Å²) in [5.41, 5.74) is 7.74. The van der Waals surface area contributed by atoms with Crippen molar-refractivity contribution < 1.29 is 4.79 Å². The van der Waals surface area contributed by atoms with Crippen LogP contribution in [0.15, 0.2) is 0 Å². The fourth-order valence-corrected chi connectivity index (χ4v) is 3.25. The zero-order chi connectivity index (χ0) is 15.6. The predicted octanol–water partition coefficient (Wildman–Crippen LogP) is 1.26. The average Bonchev–Trinajstić information content (AvgIpc) is 2.73. The maximum absolute atomic E-state index is 12.6. The number of nitrogens with zero attached hydrogens (tertiary/aromatic N) is 4. The Kier molecular flexibility index (Phi) is 4.88. The summed E-state index contributed by atoms with van der Waals surface area (Å²) < 4.78 is 1.60. The molecule has 1 aromatic rings. The van der Waals surface area contributed by atoms with Crippen molar-refractivity contribution in [2.24, 2.45) is 7.05 Å². The van der Waals surface area contributed by atoms with Crippen LogP contribution in [0.3, 0.4) is 0 Å². The molecule has 0 saturated carbocycles. The van der Waals surface area contributed by atoms with Crippen LogP contribution in [0.2, 0.25) is 0 Å². The van der Waals surface area contributed by atoms with Gasteiger partial charge in [0.25, 0.3) is 5.91 Å². The van der Waals surface area contributed by atoms with Gasteiger partial charge in [-0.1, -0.05) is 13.8 Å². The van der Waals surface area contributed by atoms with Crippen LogP contribution in [0.25, 0.3) is 0 Å². The number of likely N-dealkylation sites (tertiary alicyclic amines) is 1. The molecule has 2 rings (SSSR count). The summed E-state index contributed by atoms with van der Waals surface area (Å²) in [6, 6.07) is 0.592. The molecule has 1 aromatic heterocycles. The monoisotopic (exact) mass is 293 g/mol. The molecule has 0 aliphatic carbocycles. The molecule has 0 radical (unpaired) electrons. The van der Waals surface area contributed by atoms with Gasteiger partial charge in [0, 0.05) is 26.2 Å². The van der Waals surface area contributed by atoms with Gasteiger partial charge in [-0.3, -0.25) is 9.48 Å². The van der Waals surface area contributed by atoms with E-state index in [-0.39, 0.29) is 5.91 Å². The Bertz CT molecular complexity index is 498. The minimum absolute atomic E-state index is 0.00796. The largest absolute Gasteiger partial charge is 0.395 e. The van der Waals surface area contributed by atoms with Crippen LogP contribution in [-0.4, -0.2) is 57.7 Å². The van der Waals surface area contributed by atoms with Crippen LogP contribution in [0.5, 0.6) is 0 Å². The van der Waals surface area contributed by atoms with E-state index in [0.717, 1.165) is 44.7 Å². The predicted molar refractivity (Wildman–Crippen MR) is 84.2 cm³/mol. The molecule has 21 heavy (non-hydrogen) atoms. The highest BCUT2D eigenvalue weighted by Gasteiger charge is 2.29. The third-order valence-corrected chi connectivity index (χ3v) is 4.55. The quantitative estimate of drug-likeness (QED) is 0.907. The first-order valence-electron chi connectivity index (χ1n) is 7.81. The summed E-state index contributed by atoms with van der Waals surface area (Å²) in [6.45, 7) is 9.96. The molecule has 2 heterocycles. The van der Waals surface area contributed by atoms with E-state index >= 15 is 0 Å². The lowest BCUT2D eigenvalue weighted by Crippen LogP contribution is -2.47. The Balaban J connectivity index is 2.03. The molecule has 0 bridgehead atoms. The lowest BCUT2D eigenvalue weighted by atomic mass is 10.0. The summed E-state index contributed by atoms with van der Waals surface area (Å²) in [6.07, 6.45) is 2.06. The van der Waals surface area contributed by atoms with Gasteiger partial charge in [0.05, 0.1) is 11.4 Å². The summed E-state index contributed by atoms with van der Waals surface area (Å²) in [4.78, 5) is 17.0. The van der Waals surface area contributed by atoms with Gasteiger partial charge in [0.15, 0.2) is 0 Å². The first-order valence-corrected chi connectivity index (χ1v) is 7.81. The third kappa shape index (κ3) is 3.05. The first-order chi connectivity index (χ1) is 9.99. The SMILES string of the molecule is CCN(CC)C1CCN(C(=O)c2c(N)c(C)nn2C)CC1. The van der Waals surface area contributed by atoms with Gasteiger partial charge in [0.1, 0.15) is 5.69 Å². The van der Waals surface area contributed by atoms with Crippen molar-refractivity contribution in [3.8, 4) is 0 Å². The van der Waals surface area contributed by atoms with Gasteiger partial charge in [0.2, 0.25) is 0 Å². The maximum Gasteiger partial charge on any atom is 0.274 e. The van der Waals surface area contributed by atoms with Crippen LogP contribution >= 0.6 is 0 Å². The van der Waals surface area contributed by atoms with Gasteiger partial charge in [-0.05, 0) is 32.9 Å². The van der Waals surface area contributed by atoms with Gasteiger partial charge in [-0.2, -0.15) is 5.10 Å². The fraction of sp³-hybridized carbons (Fsp3) is 0.733. The van der Waals surface area contributed by atoms with Gasteiger partial charge >= 0.3 is 0 Å². The fourth-order valence-electron chi connectivity index (χ4n) is 3.25. The van der Waals surface area contributed by atoms with Gasteiger partial charge < -0.3 is 15.5 Å². The number of anilines is 1. The number of hydrogen-bond acceptors (Lipinski definition) is 4. The minimum Gasteiger partial charge on any atom is -0.395 e. The molecular weight excluding hydrogens is 266 g/mol. The zero-order valence-electron chi connectivity index (χ0n) is 13.6. The van der Waals surface area contributed by atoms with Gasteiger partial charge in [-0.25, -0.2) is 0 Å². The Morgan fingerprint density at radius 1 is 1.33 bits per heavy atom. The van der Waals surface area contributed by atoms with E-state index in [0.29, 0.717) is 17.4 Å². The lowest BCUT2D eigenvalue weighted by Gasteiger charge is -2.37. The lowest BCUT2D eigenvalue weighted by molar-refractivity contribution is 0.0622. The van der Waals surface area contributed by atoms with E-state index in [1.54, 1.807) is 11.7 Å². The highest BCUT2D eigenvalue weighted by Crippen LogP contribution is 2.22. The second-order valence-corrected chi connectivity index (χ2v) is 5.72. The molecule has 1 amide bonds. The number of hydrogen-bond donors (Lipinski definition) is 1. The van der Waals surface area contributed by atoms with Crippen molar-refractivity contribution in [1.29, 1.82) is 0 Å². The molecule has 1 saturated heterocycles. The van der Waals surface area contributed by atoms with Gasteiger partial charge in [-0.15, -0.1) is 0 Å². The highest BCUT2D eigenvalue weighted by molar-refractivity contribution is 5.98. The smallest absolute Gasteiger partial charge is 0.274 e. The number of rotatable bonds is 4. The molecule has 0 spiro atoms. The molecule has 1 aliphatic heterocycles. The summed E-state index contributed by atoms with van der Waals surface area (Å²) in [7, 11) is 1.78.